The summed E-state index contributed by atoms with van der Waals surface area (Å²) < 4.78 is 10.0. The number of rotatable bonds is 5. The lowest BCUT2D eigenvalue weighted by atomic mass is 10.3. The molecule has 76 valence electrons. The molecule has 4 nitrogen and oxygen atoms in total. The van der Waals surface area contributed by atoms with Crippen LogP contribution in [-0.4, -0.2) is 18.5 Å². The maximum absolute atomic E-state index is 11.1. The van der Waals surface area contributed by atoms with Crippen molar-refractivity contribution >= 4 is 5.97 Å². The second kappa shape index (κ2) is 5.72. The first-order valence-corrected chi connectivity index (χ1v) is 4.24. The summed E-state index contributed by atoms with van der Waals surface area (Å²) in [6.45, 7) is 8.57. The third kappa shape index (κ3) is 5.38. The first-order valence-electron chi connectivity index (χ1n) is 4.24. The summed E-state index contributed by atoms with van der Waals surface area (Å²) in [5.41, 5.74) is 5.74. The van der Waals surface area contributed by atoms with Crippen LogP contribution in [-0.2, 0) is 14.3 Å². The summed E-state index contributed by atoms with van der Waals surface area (Å²) in [6.07, 6.45) is -0.451. The molecule has 0 aliphatic heterocycles. The van der Waals surface area contributed by atoms with Crippen LogP contribution in [0.15, 0.2) is 12.2 Å². The summed E-state index contributed by atoms with van der Waals surface area (Å²) in [5.74, 6) is -0.451. The van der Waals surface area contributed by atoms with Crippen LogP contribution in [0, 0.1) is 0 Å². The van der Waals surface area contributed by atoms with Gasteiger partial charge in [0.15, 0.2) is 0 Å². The highest BCUT2D eigenvalue weighted by atomic mass is 16.7. The van der Waals surface area contributed by atoms with E-state index < -0.39 is 18.5 Å². The molecule has 0 aromatic carbocycles. The molecular formula is C9H17NO3. The second-order valence-electron chi connectivity index (χ2n) is 2.86. The van der Waals surface area contributed by atoms with Crippen molar-refractivity contribution in [1.82, 2.24) is 0 Å². The quantitative estimate of drug-likeness (QED) is 0.398. The van der Waals surface area contributed by atoms with Gasteiger partial charge in [-0.05, 0) is 13.8 Å². The largest absolute Gasteiger partial charge is 0.432 e. The zero-order chi connectivity index (χ0) is 10.4. The van der Waals surface area contributed by atoms with Gasteiger partial charge < -0.3 is 15.2 Å². The number of ether oxygens (including phenoxy) is 2. The molecule has 2 N–H and O–H groups in total. The zero-order valence-electron chi connectivity index (χ0n) is 8.37. The Hall–Kier alpha value is -0.870. The van der Waals surface area contributed by atoms with E-state index >= 15 is 0 Å². The van der Waals surface area contributed by atoms with Gasteiger partial charge in [-0.2, -0.15) is 0 Å². The van der Waals surface area contributed by atoms with E-state index in [0.29, 0.717) is 12.0 Å². The van der Waals surface area contributed by atoms with Gasteiger partial charge in [-0.25, -0.2) is 4.79 Å². The predicted molar refractivity (Wildman–Crippen MR) is 49.7 cm³/mol. The van der Waals surface area contributed by atoms with E-state index in [4.69, 9.17) is 15.2 Å². The number of nitrogens with two attached hydrogens (primary N) is 1. The van der Waals surface area contributed by atoms with Crippen molar-refractivity contribution in [2.45, 2.75) is 39.7 Å². The SMILES string of the molecule is C=C(C)C(=O)OC(CC)OC(C)N. The van der Waals surface area contributed by atoms with Crippen molar-refractivity contribution < 1.29 is 14.3 Å². The smallest absolute Gasteiger partial charge is 0.335 e. The van der Waals surface area contributed by atoms with Gasteiger partial charge in [0.2, 0.25) is 6.29 Å². The van der Waals surface area contributed by atoms with Crippen LogP contribution in [0.2, 0.25) is 0 Å². The maximum atomic E-state index is 11.1. The molecule has 0 radical (unpaired) electrons. The normalized spacial score (nSPS) is 14.8. The molecular weight excluding hydrogens is 170 g/mol. The molecule has 0 fully saturated rings. The van der Waals surface area contributed by atoms with E-state index in [2.05, 4.69) is 6.58 Å². The molecule has 4 heteroatoms. The molecule has 0 saturated carbocycles. The first kappa shape index (κ1) is 12.1. The molecule has 13 heavy (non-hydrogen) atoms. The molecule has 0 bridgehead atoms. The molecule has 0 saturated heterocycles. The fourth-order valence-electron chi connectivity index (χ4n) is 0.667. The number of carbonyl (C=O) groups is 1. The van der Waals surface area contributed by atoms with Crippen LogP contribution in [0.4, 0.5) is 0 Å². The Morgan fingerprint density at radius 3 is 2.46 bits per heavy atom. The van der Waals surface area contributed by atoms with E-state index in [9.17, 15) is 4.79 Å². The lowest BCUT2D eigenvalue weighted by Crippen LogP contribution is -2.30. The lowest BCUT2D eigenvalue weighted by Gasteiger charge is -2.18. The summed E-state index contributed by atoms with van der Waals surface area (Å²) in [7, 11) is 0. The van der Waals surface area contributed by atoms with Crippen molar-refractivity contribution in [1.29, 1.82) is 0 Å². The second-order valence-corrected chi connectivity index (χ2v) is 2.86. The maximum Gasteiger partial charge on any atom is 0.335 e. The standard InChI is InChI=1S/C9H17NO3/c1-5-8(12-7(4)10)13-9(11)6(2)3/h7-8H,2,5,10H2,1,3-4H3. The monoisotopic (exact) mass is 187 g/mol. The molecule has 0 rings (SSSR count). The third-order valence-corrected chi connectivity index (χ3v) is 1.29. The summed E-state index contributed by atoms with van der Waals surface area (Å²) in [5, 5.41) is 0. The van der Waals surface area contributed by atoms with Crippen molar-refractivity contribution in [3.63, 3.8) is 0 Å². The first-order chi connectivity index (χ1) is 5.97. The van der Waals surface area contributed by atoms with E-state index in [-0.39, 0.29) is 0 Å². The molecule has 0 aliphatic rings. The topological polar surface area (TPSA) is 61.5 Å². The fraction of sp³-hybridized carbons (Fsp3) is 0.667. The molecule has 0 aromatic rings. The van der Waals surface area contributed by atoms with Crippen LogP contribution in [0.5, 0.6) is 0 Å². The van der Waals surface area contributed by atoms with E-state index in [1.807, 2.05) is 6.92 Å². The summed E-state index contributed by atoms with van der Waals surface area (Å²) in [6, 6.07) is 0. The minimum Gasteiger partial charge on any atom is -0.432 e. The van der Waals surface area contributed by atoms with E-state index in [0.717, 1.165) is 0 Å². The highest BCUT2D eigenvalue weighted by molar-refractivity contribution is 5.86. The minimum atomic E-state index is -0.579. The third-order valence-electron chi connectivity index (χ3n) is 1.29. The average molecular weight is 187 g/mol. The van der Waals surface area contributed by atoms with Crippen LogP contribution >= 0.6 is 0 Å². The summed E-state index contributed by atoms with van der Waals surface area (Å²) >= 11 is 0. The van der Waals surface area contributed by atoms with Gasteiger partial charge in [0, 0.05) is 12.0 Å². The Morgan fingerprint density at radius 1 is 1.62 bits per heavy atom. The van der Waals surface area contributed by atoms with E-state index in [1.54, 1.807) is 13.8 Å². The molecule has 0 heterocycles. The number of esters is 1. The Balaban J connectivity index is 3.97. The van der Waals surface area contributed by atoms with Crippen LogP contribution in [0.3, 0.4) is 0 Å². The number of hydrogen-bond acceptors (Lipinski definition) is 4. The molecule has 0 amide bonds. The Labute approximate surface area is 78.7 Å². The Bertz CT molecular complexity index is 189. The van der Waals surface area contributed by atoms with E-state index in [1.165, 1.54) is 0 Å². The van der Waals surface area contributed by atoms with Gasteiger partial charge in [0.25, 0.3) is 0 Å². The van der Waals surface area contributed by atoms with Gasteiger partial charge in [-0.15, -0.1) is 0 Å². The average Bonchev–Trinajstić information content (AvgIpc) is 2.02. The lowest BCUT2D eigenvalue weighted by molar-refractivity contribution is -0.183. The minimum absolute atomic E-state index is 0.353. The Kier molecular flexibility index (Phi) is 5.34. The summed E-state index contributed by atoms with van der Waals surface area (Å²) in [4.78, 5) is 11.1. The van der Waals surface area contributed by atoms with Crippen LogP contribution in [0.1, 0.15) is 27.2 Å². The predicted octanol–water partition coefficient (Wildman–Crippen LogP) is 1.16. The van der Waals surface area contributed by atoms with Crippen molar-refractivity contribution in [3.05, 3.63) is 12.2 Å². The number of hydrogen-bond donors (Lipinski definition) is 1. The molecule has 0 aliphatic carbocycles. The van der Waals surface area contributed by atoms with Gasteiger partial charge >= 0.3 is 5.97 Å². The van der Waals surface area contributed by atoms with Crippen molar-refractivity contribution in [2.24, 2.45) is 5.73 Å². The Morgan fingerprint density at radius 2 is 2.15 bits per heavy atom. The highest BCUT2D eigenvalue weighted by Crippen LogP contribution is 2.05. The molecule has 0 aromatic heterocycles. The fourth-order valence-corrected chi connectivity index (χ4v) is 0.667. The van der Waals surface area contributed by atoms with Crippen LogP contribution in [0.25, 0.3) is 0 Å². The number of carbonyl (C=O) groups excluding carboxylic acids is 1. The van der Waals surface area contributed by atoms with Crippen LogP contribution < -0.4 is 5.73 Å². The van der Waals surface area contributed by atoms with Gasteiger partial charge in [0.1, 0.15) is 6.23 Å². The molecule has 2 unspecified atom stereocenters. The van der Waals surface area contributed by atoms with Gasteiger partial charge in [-0.3, -0.25) is 0 Å². The van der Waals surface area contributed by atoms with Gasteiger partial charge in [0.05, 0.1) is 0 Å². The van der Waals surface area contributed by atoms with Crippen molar-refractivity contribution in [2.75, 3.05) is 0 Å². The molecule has 2 atom stereocenters. The van der Waals surface area contributed by atoms with Crippen molar-refractivity contribution in [3.8, 4) is 0 Å². The zero-order valence-corrected chi connectivity index (χ0v) is 8.37. The highest BCUT2D eigenvalue weighted by Gasteiger charge is 2.14. The molecule has 0 spiro atoms. The van der Waals surface area contributed by atoms with Gasteiger partial charge in [-0.1, -0.05) is 13.5 Å².